The second-order valence-corrected chi connectivity index (χ2v) is 9.38. The van der Waals surface area contributed by atoms with Gasteiger partial charge < -0.3 is 15.8 Å². The molecule has 182 valence electrons. The second kappa shape index (κ2) is 10.3. The van der Waals surface area contributed by atoms with Gasteiger partial charge in [-0.25, -0.2) is 9.97 Å². The fraction of sp³-hybridized carbons (Fsp3) is 0.125. The monoisotopic (exact) mass is 522 g/mol. The second-order valence-electron chi connectivity index (χ2n) is 7.74. The Bertz CT molecular complexity index is 1530. The first-order valence-corrected chi connectivity index (χ1v) is 12.6. The van der Waals surface area contributed by atoms with Gasteiger partial charge in [-0.1, -0.05) is 0 Å². The Morgan fingerprint density at radius 1 is 1.17 bits per heavy atom. The molecule has 0 radical (unpaired) electrons. The average Bonchev–Trinajstić information content (AvgIpc) is 3.62. The van der Waals surface area contributed by atoms with Crippen molar-refractivity contribution in [2.75, 3.05) is 18.5 Å². The van der Waals surface area contributed by atoms with Crippen LogP contribution in [0.15, 0.2) is 58.9 Å². The number of anilines is 1. The molecule has 1 aromatic carbocycles. The molecule has 3 N–H and O–H groups in total. The zero-order chi connectivity index (χ0) is 25.1. The first-order valence-electron chi connectivity index (χ1n) is 10.7. The van der Waals surface area contributed by atoms with E-state index in [0.717, 1.165) is 22.0 Å². The van der Waals surface area contributed by atoms with Gasteiger partial charge in [-0.05, 0) is 46.7 Å². The molecular formula is C24H19FN6O3S2. The zero-order valence-electron chi connectivity index (χ0n) is 18.7. The van der Waals surface area contributed by atoms with Crippen molar-refractivity contribution in [3.8, 4) is 21.7 Å². The summed E-state index contributed by atoms with van der Waals surface area (Å²) in [6.07, 6.45) is 3.23. The molecule has 0 saturated heterocycles. The first-order chi connectivity index (χ1) is 17.5. The summed E-state index contributed by atoms with van der Waals surface area (Å²) >= 11 is 2.83. The van der Waals surface area contributed by atoms with Gasteiger partial charge in [0.2, 0.25) is 11.9 Å². The molecular weight excluding hydrogens is 503 g/mol. The van der Waals surface area contributed by atoms with Crippen molar-refractivity contribution in [2.24, 2.45) is 5.73 Å². The summed E-state index contributed by atoms with van der Waals surface area (Å²) in [4.78, 5) is 32.0. The Kier molecular flexibility index (Phi) is 6.80. The SMILES string of the molecule is NC(=O)COCCn1cc2cc(NC(=O)c3csc(-c4ccc(F)nc4)n3)c(-c3ccsc3)cc2n1. The number of nitrogens with one attached hydrogen (secondary N) is 1. The van der Waals surface area contributed by atoms with Crippen LogP contribution >= 0.6 is 22.7 Å². The smallest absolute Gasteiger partial charge is 0.275 e. The number of aromatic nitrogens is 4. The highest BCUT2D eigenvalue weighted by atomic mass is 32.1. The van der Waals surface area contributed by atoms with Crippen molar-refractivity contribution in [2.45, 2.75) is 6.54 Å². The van der Waals surface area contributed by atoms with Crippen LogP contribution in [-0.4, -0.2) is 44.8 Å². The molecule has 9 nitrogen and oxygen atoms in total. The highest BCUT2D eigenvalue weighted by Gasteiger charge is 2.17. The van der Waals surface area contributed by atoms with Gasteiger partial charge >= 0.3 is 0 Å². The lowest BCUT2D eigenvalue weighted by molar-refractivity contribution is -0.122. The van der Waals surface area contributed by atoms with Crippen molar-refractivity contribution in [1.29, 1.82) is 0 Å². The number of rotatable bonds is 9. The molecule has 0 spiro atoms. The number of thiazole rings is 1. The Labute approximate surface area is 212 Å². The van der Waals surface area contributed by atoms with Gasteiger partial charge in [0.1, 0.15) is 17.3 Å². The normalized spacial score (nSPS) is 11.1. The molecule has 4 heterocycles. The van der Waals surface area contributed by atoms with Gasteiger partial charge in [0.05, 0.1) is 18.7 Å². The predicted molar refractivity (Wildman–Crippen MR) is 136 cm³/mol. The fourth-order valence-electron chi connectivity index (χ4n) is 3.53. The lowest BCUT2D eigenvalue weighted by Gasteiger charge is -2.10. The Hall–Kier alpha value is -4.00. The maximum absolute atomic E-state index is 13.1. The minimum absolute atomic E-state index is 0.144. The van der Waals surface area contributed by atoms with E-state index in [9.17, 15) is 14.0 Å². The molecule has 5 aromatic rings. The van der Waals surface area contributed by atoms with Crippen LogP contribution in [0.2, 0.25) is 0 Å². The van der Waals surface area contributed by atoms with Crippen LogP contribution in [0.4, 0.5) is 10.1 Å². The molecule has 4 aromatic heterocycles. The van der Waals surface area contributed by atoms with Crippen molar-refractivity contribution >= 4 is 51.1 Å². The lowest BCUT2D eigenvalue weighted by atomic mass is 10.0. The van der Waals surface area contributed by atoms with E-state index in [2.05, 4.69) is 20.4 Å². The number of amides is 2. The number of fused-ring (bicyclic) bond motifs is 1. The third-order valence-electron chi connectivity index (χ3n) is 5.19. The number of hydrogen-bond acceptors (Lipinski definition) is 8. The first kappa shape index (κ1) is 23.7. The molecule has 0 saturated carbocycles. The van der Waals surface area contributed by atoms with Crippen LogP contribution < -0.4 is 11.1 Å². The molecule has 0 aliphatic rings. The summed E-state index contributed by atoms with van der Waals surface area (Å²) in [6, 6.07) is 8.58. The molecule has 0 unspecified atom stereocenters. The number of primary amides is 1. The summed E-state index contributed by atoms with van der Waals surface area (Å²) in [5.41, 5.74) is 9.12. The number of halogens is 1. The van der Waals surface area contributed by atoms with Gasteiger partial charge in [-0.2, -0.15) is 20.8 Å². The predicted octanol–water partition coefficient (Wildman–Crippen LogP) is 4.18. The summed E-state index contributed by atoms with van der Waals surface area (Å²) < 4.78 is 20.1. The highest BCUT2D eigenvalue weighted by Crippen LogP contribution is 2.34. The van der Waals surface area contributed by atoms with Gasteiger partial charge in [0.25, 0.3) is 5.91 Å². The van der Waals surface area contributed by atoms with E-state index in [-0.39, 0.29) is 24.8 Å². The number of ether oxygens (including phenoxy) is 1. The number of pyridine rings is 1. The van der Waals surface area contributed by atoms with E-state index >= 15 is 0 Å². The minimum Gasteiger partial charge on any atom is -0.370 e. The van der Waals surface area contributed by atoms with Crippen molar-refractivity contribution < 1.29 is 18.7 Å². The number of benzene rings is 1. The van der Waals surface area contributed by atoms with Crippen LogP contribution in [0.25, 0.3) is 32.6 Å². The fourth-order valence-corrected chi connectivity index (χ4v) is 4.97. The minimum atomic E-state index is -0.578. The lowest BCUT2D eigenvalue weighted by Crippen LogP contribution is -2.19. The maximum Gasteiger partial charge on any atom is 0.275 e. The van der Waals surface area contributed by atoms with Crippen LogP contribution in [0.1, 0.15) is 10.5 Å². The molecule has 0 fully saturated rings. The molecule has 0 bridgehead atoms. The van der Waals surface area contributed by atoms with Gasteiger partial charge in [0.15, 0.2) is 0 Å². The molecule has 0 atom stereocenters. The Morgan fingerprint density at radius 3 is 2.81 bits per heavy atom. The summed E-state index contributed by atoms with van der Waals surface area (Å²) in [7, 11) is 0. The van der Waals surface area contributed by atoms with E-state index in [0.29, 0.717) is 22.8 Å². The largest absolute Gasteiger partial charge is 0.370 e. The molecule has 2 amide bonds. The topological polar surface area (TPSA) is 125 Å². The summed E-state index contributed by atoms with van der Waals surface area (Å²) in [5, 5.41) is 14.6. The van der Waals surface area contributed by atoms with E-state index in [1.54, 1.807) is 27.5 Å². The van der Waals surface area contributed by atoms with Crippen LogP contribution in [0, 0.1) is 5.95 Å². The molecule has 5 rings (SSSR count). The summed E-state index contributed by atoms with van der Waals surface area (Å²) in [6.45, 7) is 0.584. The van der Waals surface area contributed by atoms with Crippen LogP contribution in [0.3, 0.4) is 0 Å². The van der Waals surface area contributed by atoms with Gasteiger partial charge in [-0.15, -0.1) is 11.3 Å². The van der Waals surface area contributed by atoms with Gasteiger partial charge in [-0.3, -0.25) is 14.3 Å². The van der Waals surface area contributed by atoms with E-state index < -0.39 is 11.9 Å². The number of hydrogen-bond donors (Lipinski definition) is 2. The van der Waals surface area contributed by atoms with E-state index in [1.807, 2.05) is 35.2 Å². The van der Waals surface area contributed by atoms with Crippen molar-refractivity contribution in [3.63, 3.8) is 0 Å². The third kappa shape index (κ3) is 5.30. The van der Waals surface area contributed by atoms with Crippen LogP contribution in [0.5, 0.6) is 0 Å². The van der Waals surface area contributed by atoms with Crippen LogP contribution in [-0.2, 0) is 16.1 Å². The van der Waals surface area contributed by atoms with E-state index in [1.165, 1.54) is 23.6 Å². The molecule has 36 heavy (non-hydrogen) atoms. The summed E-state index contributed by atoms with van der Waals surface area (Å²) in [5.74, 6) is -1.47. The Balaban J connectivity index is 1.40. The highest BCUT2D eigenvalue weighted by molar-refractivity contribution is 7.13. The number of nitrogens with two attached hydrogens (primary N) is 1. The number of nitrogens with zero attached hydrogens (tertiary/aromatic N) is 4. The molecule has 12 heteroatoms. The Morgan fingerprint density at radius 2 is 2.06 bits per heavy atom. The standard InChI is InChI=1S/C24H19FN6O3S2/c25-21-2-1-14(9-27-21)24-29-20(13-36-24)23(33)28-19-7-16-10-31(4-5-34-11-22(26)32)30-18(16)8-17(19)15-3-6-35-12-15/h1-3,6-10,12-13H,4-5,11H2,(H2,26,32)(H,28,33). The number of thiophene rings is 1. The van der Waals surface area contributed by atoms with E-state index in [4.69, 9.17) is 10.5 Å². The van der Waals surface area contributed by atoms with Crippen molar-refractivity contribution in [3.05, 3.63) is 70.5 Å². The maximum atomic E-state index is 13.1. The third-order valence-corrected chi connectivity index (χ3v) is 6.77. The number of carbonyl (C=O) groups is 2. The zero-order valence-corrected chi connectivity index (χ0v) is 20.3. The van der Waals surface area contributed by atoms with Crippen molar-refractivity contribution in [1.82, 2.24) is 19.7 Å². The average molecular weight is 523 g/mol. The quantitative estimate of drug-likeness (QED) is 0.221. The van der Waals surface area contributed by atoms with Gasteiger partial charge in [0, 0.05) is 40.0 Å². The molecule has 0 aliphatic heterocycles. The molecule has 0 aliphatic carbocycles. The number of carbonyl (C=O) groups excluding carboxylic acids is 2.